The number of hydrogen-bond donors (Lipinski definition) is 0. The van der Waals surface area contributed by atoms with Crippen LogP contribution in [0.3, 0.4) is 0 Å². The topological polar surface area (TPSA) is 76.2 Å². The molecule has 0 bridgehead atoms. The van der Waals surface area contributed by atoms with Crippen molar-refractivity contribution in [3.05, 3.63) is 38.9 Å². The van der Waals surface area contributed by atoms with Crippen molar-refractivity contribution in [3.63, 3.8) is 0 Å². The Bertz CT molecular complexity index is 533. The zero-order valence-corrected chi connectivity index (χ0v) is 11.0. The van der Waals surface area contributed by atoms with Crippen LogP contribution in [0.15, 0.2) is 18.2 Å². The summed E-state index contributed by atoms with van der Waals surface area (Å²) in [5, 5.41) is 20.9. The van der Waals surface area contributed by atoms with Crippen molar-refractivity contribution in [3.8, 4) is 6.07 Å². The highest BCUT2D eigenvalue weighted by Crippen LogP contribution is 2.36. The fourth-order valence-corrected chi connectivity index (χ4v) is 2.52. The number of halogens is 1. The van der Waals surface area contributed by atoms with E-state index < -0.39 is 10.3 Å². The molecular weight excluding hydrogens is 268 g/mol. The first kappa shape index (κ1) is 13.8. The molecular formula is C13H13ClN2O3. The largest absolute Gasteiger partial charge is 0.381 e. The molecule has 0 amide bonds. The Hall–Kier alpha value is -1.64. The van der Waals surface area contributed by atoms with Crippen LogP contribution in [0.5, 0.6) is 0 Å². The third-order valence-electron chi connectivity index (χ3n) is 3.45. The summed E-state index contributed by atoms with van der Waals surface area (Å²) in [6.45, 7) is 1.03. The number of hydrogen-bond acceptors (Lipinski definition) is 4. The molecule has 0 atom stereocenters. The van der Waals surface area contributed by atoms with Gasteiger partial charge in [-0.05, 0) is 31.4 Å². The number of ether oxygens (including phenoxy) is 1. The van der Waals surface area contributed by atoms with E-state index in [1.165, 1.54) is 12.1 Å². The molecule has 1 aliphatic rings. The van der Waals surface area contributed by atoms with Crippen molar-refractivity contribution < 1.29 is 9.66 Å². The molecule has 0 saturated carbocycles. The van der Waals surface area contributed by atoms with Gasteiger partial charge in [0.25, 0.3) is 5.69 Å². The minimum absolute atomic E-state index is 0.0190. The van der Waals surface area contributed by atoms with Crippen molar-refractivity contribution in [1.82, 2.24) is 0 Å². The SMILES string of the molecule is N#CC1(Cc2cc(Cl)ccc2[N+](=O)[O-])CCOCC1. The van der Waals surface area contributed by atoms with Crippen LogP contribution in [-0.4, -0.2) is 18.1 Å². The standard InChI is InChI=1S/C13H13ClN2O3/c14-11-1-2-12(16(17)18)10(7-11)8-13(9-15)3-5-19-6-4-13/h1-2,7H,3-6,8H2. The Balaban J connectivity index is 2.34. The minimum atomic E-state index is -0.590. The lowest BCUT2D eigenvalue weighted by molar-refractivity contribution is -0.385. The predicted octanol–water partition coefficient (Wildman–Crippen LogP) is 3.11. The first-order valence-electron chi connectivity index (χ1n) is 5.98. The van der Waals surface area contributed by atoms with Crippen molar-refractivity contribution in [2.45, 2.75) is 19.3 Å². The number of nitrogens with zero attached hydrogens (tertiary/aromatic N) is 2. The van der Waals surface area contributed by atoms with Gasteiger partial charge in [-0.15, -0.1) is 0 Å². The average Bonchev–Trinajstić information content (AvgIpc) is 2.39. The second kappa shape index (κ2) is 5.55. The highest BCUT2D eigenvalue weighted by molar-refractivity contribution is 6.30. The summed E-state index contributed by atoms with van der Waals surface area (Å²) in [6, 6.07) is 6.77. The lowest BCUT2D eigenvalue weighted by Crippen LogP contribution is -2.30. The summed E-state index contributed by atoms with van der Waals surface area (Å²) in [5.41, 5.74) is -0.0558. The van der Waals surface area contributed by atoms with E-state index in [1.54, 1.807) is 6.07 Å². The van der Waals surface area contributed by atoms with E-state index in [-0.39, 0.29) is 5.69 Å². The minimum Gasteiger partial charge on any atom is -0.381 e. The van der Waals surface area contributed by atoms with Gasteiger partial charge in [0.15, 0.2) is 0 Å². The van der Waals surface area contributed by atoms with Crippen LogP contribution in [0.1, 0.15) is 18.4 Å². The van der Waals surface area contributed by atoms with Gasteiger partial charge in [0.1, 0.15) is 0 Å². The number of nitriles is 1. The quantitative estimate of drug-likeness (QED) is 0.629. The molecule has 1 heterocycles. The molecule has 2 rings (SSSR count). The number of rotatable bonds is 3. The molecule has 100 valence electrons. The molecule has 5 nitrogen and oxygen atoms in total. The summed E-state index contributed by atoms with van der Waals surface area (Å²) < 4.78 is 5.25. The molecule has 1 fully saturated rings. The third kappa shape index (κ3) is 3.03. The molecule has 0 aromatic heterocycles. The van der Waals surface area contributed by atoms with Gasteiger partial charge in [-0.25, -0.2) is 0 Å². The second-order valence-corrected chi connectivity index (χ2v) is 5.15. The highest BCUT2D eigenvalue weighted by atomic mass is 35.5. The smallest absolute Gasteiger partial charge is 0.272 e. The van der Waals surface area contributed by atoms with Gasteiger partial charge < -0.3 is 4.74 Å². The number of nitro groups is 1. The van der Waals surface area contributed by atoms with E-state index in [4.69, 9.17) is 16.3 Å². The first-order valence-corrected chi connectivity index (χ1v) is 6.36. The van der Waals surface area contributed by atoms with Crippen molar-refractivity contribution in [1.29, 1.82) is 5.26 Å². The van der Waals surface area contributed by atoms with E-state index in [9.17, 15) is 15.4 Å². The average molecular weight is 281 g/mol. The van der Waals surface area contributed by atoms with Gasteiger partial charge in [0.05, 0.1) is 16.4 Å². The molecule has 19 heavy (non-hydrogen) atoms. The molecule has 0 aliphatic carbocycles. The molecule has 0 unspecified atom stereocenters. The molecule has 0 N–H and O–H groups in total. The van der Waals surface area contributed by atoms with Gasteiger partial charge in [0.2, 0.25) is 0 Å². The maximum atomic E-state index is 11.0. The van der Waals surface area contributed by atoms with E-state index in [2.05, 4.69) is 6.07 Å². The zero-order chi connectivity index (χ0) is 13.9. The van der Waals surface area contributed by atoms with Crippen molar-refractivity contribution >= 4 is 17.3 Å². The monoisotopic (exact) mass is 280 g/mol. The lowest BCUT2D eigenvalue weighted by atomic mass is 9.76. The summed E-state index contributed by atoms with van der Waals surface area (Å²) in [5.74, 6) is 0. The maximum absolute atomic E-state index is 11.0. The summed E-state index contributed by atoms with van der Waals surface area (Å²) in [6.07, 6.45) is 1.52. The summed E-state index contributed by atoms with van der Waals surface area (Å²) in [4.78, 5) is 10.6. The van der Waals surface area contributed by atoms with Crippen LogP contribution >= 0.6 is 11.6 Å². The molecule has 6 heteroatoms. The Labute approximate surface area is 115 Å². The molecule has 0 spiro atoms. The predicted molar refractivity (Wildman–Crippen MR) is 69.9 cm³/mol. The fourth-order valence-electron chi connectivity index (χ4n) is 2.33. The van der Waals surface area contributed by atoms with Crippen LogP contribution in [0.25, 0.3) is 0 Å². The van der Waals surface area contributed by atoms with Crippen LogP contribution in [0, 0.1) is 26.9 Å². The van der Waals surface area contributed by atoms with Gasteiger partial charge in [-0.2, -0.15) is 5.26 Å². The molecule has 1 aliphatic heterocycles. The Morgan fingerprint density at radius 1 is 1.47 bits per heavy atom. The van der Waals surface area contributed by atoms with E-state index >= 15 is 0 Å². The normalized spacial score (nSPS) is 17.7. The summed E-state index contributed by atoms with van der Waals surface area (Å²) in [7, 11) is 0. The van der Waals surface area contributed by atoms with Crippen molar-refractivity contribution in [2.75, 3.05) is 13.2 Å². The van der Waals surface area contributed by atoms with Crippen LogP contribution in [0.2, 0.25) is 5.02 Å². The van der Waals surface area contributed by atoms with E-state index in [1.807, 2.05) is 0 Å². The Morgan fingerprint density at radius 2 is 2.16 bits per heavy atom. The van der Waals surface area contributed by atoms with Crippen LogP contribution in [0.4, 0.5) is 5.69 Å². The van der Waals surface area contributed by atoms with E-state index in [0.29, 0.717) is 43.1 Å². The molecule has 1 aromatic rings. The van der Waals surface area contributed by atoms with Gasteiger partial charge in [-0.3, -0.25) is 10.1 Å². The molecule has 0 radical (unpaired) electrons. The number of benzene rings is 1. The third-order valence-corrected chi connectivity index (χ3v) is 3.69. The van der Waals surface area contributed by atoms with Gasteiger partial charge >= 0.3 is 0 Å². The van der Waals surface area contributed by atoms with Crippen LogP contribution in [-0.2, 0) is 11.2 Å². The van der Waals surface area contributed by atoms with Crippen molar-refractivity contribution in [2.24, 2.45) is 5.41 Å². The lowest BCUT2D eigenvalue weighted by Gasteiger charge is -2.30. The Kier molecular flexibility index (Phi) is 4.03. The highest BCUT2D eigenvalue weighted by Gasteiger charge is 2.35. The van der Waals surface area contributed by atoms with E-state index in [0.717, 1.165) is 0 Å². The second-order valence-electron chi connectivity index (χ2n) is 4.71. The first-order chi connectivity index (χ1) is 9.06. The summed E-state index contributed by atoms with van der Waals surface area (Å²) >= 11 is 5.90. The van der Waals surface area contributed by atoms with Gasteiger partial charge in [-0.1, -0.05) is 11.6 Å². The maximum Gasteiger partial charge on any atom is 0.272 e. The zero-order valence-electron chi connectivity index (χ0n) is 10.3. The fraction of sp³-hybridized carbons (Fsp3) is 0.462. The van der Waals surface area contributed by atoms with Gasteiger partial charge in [0, 0.05) is 29.9 Å². The Morgan fingerprint density at radius 3 is 2.74 bits per heavy atom. The molecule has 1 aromatic carbocycles. The molecule has 1 saturated heterocycles. The number of nitro benzene ring substituents is 1. The van der Waals surface area contributed by atoms with Crippen LogP contribution < -0.4 is 0 Å².